The van der Waals surface area contributed by atoms with Crippen molar-refractivity contribution in [1.29, 1.82) is 0 Å². The lowest BCUT2D eigenvalue weighted by atomic mass is 10.1. The van der Waals surface area contributed by atoms with Crippen molar-refractivity contribution in [3.05, 3.63) is 98.8 Å². The molecule has 152 valence electrons. The zero-order valence-electron chi connectivity index (χ0n) is 16.7. The van der Waals surface area contributed by atoms with Crippen molar-refractivity contribution >= 4 is 17.0 Å². The number of benzene rings is 2. The van der Waals surface area contributed by atoms with Crippen molar-refractivity contribution in [3.8, 4) is 0 Å². The lowest BCUT2D eigenvalue weighted by molar-refractivity contribution is 0.696. The van der Waals surface area contributed by atoms with Gasteiger partial charge in [-0.15, -0.1) is 0 Å². The summed E-state index contributed by atoms with van der Waals surface area (Å²) in [7, 11) is 0. The molecule has 0 saturated carbocycles. The molecule has 0 spiro atoms. The monoisotopic (exact) mass is 401 g/mol. The zero-order chi connectivity index (χ0) is 20.9. The van der Waals surface area contributed by atoms with E-state index in [4.69, 9.17) is 0 Å². The third kappa shape index (κ3) is 4.46. The minimum Gasteiger partial charge on any atom is -0.352 e. The van der Waals surface area contributed by atoms with E-state index in [1.165, 1.54) is 11.8 Å². The van der Waals surface area contributed by atoms with Gasteiger partial charge >= 0.3 is 5.69 Å². The Bertz CT molecular complexity index is 1250. The second kappa shape index (κ2) is 8.73. The first-order valence-electron chi connectivity index (χ1n) is 9.94. The molecule has 2 N–H and O–H groups in total. The van der Waals surface area contributed by atoms with Gasteiger partial charge in [0.2, 0.25) is 5.95 Å². The van der Waals surface area contributed by atoms with Crippen LogP contribution >= 0.6 is 0 Å². The highest BCUT2D eigenvalue weighted by Crippen LogP contribution is 2.10. The van der Waals surface area contributed by atoms with Crippen LogP contribution in [-0.4, -0.2) is 25.6 Å². The first-order chi connectivity index (χ1) is 14.6. The maximum Gasteiger partial charge on any atom is 0.330 e. The molecule has 0 saturated heterocycles. The molecule has 4 rings (SSSR count). The van der Waals surface area contributed by atoms with Gasteiger partial charge in [0.05, 0.1) is 6.54 Å². The highest BCUT2D eigenvalue weighted by molar-refractivity contribution is 5.73. The van der Waals surface area contributed by atoms with Crippen LogP contribution in [0.15, 0.2) is 76.4 Å². The number of fused-ring (bicyclic) bond motifs is 1. The van der Waals surface area contributed by atoms with Crippen LogP contribution < -0.4 is 16.6 Å². The highest BCUT2D eigenvalue weighted by Gasteiger charge is 2.12. The summed E-state index contributed by atoms with van der Waals surface area (Å²) >= 11 is 0. The largest absolute Gasteiger partial charge is 0.352 e. The van der Waals surface area contributed by atoms with E-state index in [2.05, 4.69) is 39.3 Å². The number of H-pyrrole nitrogens is 1. The van der Waals surface area contributed by atoms with Gasteiger partial charge in [0.25, 0.3) is 5.56 Å². The lowest BCUT2D eigenvalue weighted by Gasteiger charge is -2.14. The summed E-state index contributed by atoms with van der Waals surface area (Å²) in [6, 6.07) is 19.8. The Morgan fingerprint density at radius 1 is 1.00 bits per heavy atom. The van der Waals surface area contributed by atoms with Crippen molar-refractivity contribution in [3.63, 3.8) is 0 Å². The predicted molar refractivity (Wildman–Crippen MR) is 118 cm³/mol. The van der Waals surface area contributed by atoms with E-state index in [1.54, 1.807) is 0 Å². The molecule has 2 aromatic carbocycles. The smallest absolute Gasteiger partial charge is 0.330 e. The summed E-state index contributed by atoms with van der Waals surface area (Å²) in [5, 5.41) is 3.53. The molecule has 0 bridgehead atoms. The quantitative estimate of drug-likeness (QED) is 0.497. The fourth-order valence-corrected chi connectivity index (χ4v) is 3.34. The first kappa shape index (κ1) is 19.6. The molecule has 30 heavy (non-hydrogen) atoms. The molecular weight excluding hydrogens is 378 g/mol. The van der Waals surface area contributed by atoms with Gasteiger partial charge in [0.1, 0.15) is 5.39 Å². The third-order valence-electron chi connectivity index (χ3n) is 5.00. The van der Waals surface area contributed by atoms with Crippen LogP contribution in [0.5, 0.6) is 0 Å². The number of aromatic nitrogens is 4. The van der Waals surface area contributed by atoms with Crippen LogP contribution in [0.1, 0.15) is 24.5 Å². The van der Waals surface area contributed by atoms with Gasteiger partial charge in [0, 0.05) is 12.2 Å². The van der Waals surface area contributed by atoms with Gasteiger partial charge in [0.15, 0.2) is 5.65 Å². The molecule has 0 aliphatic carbocycles. The van der Waals surface area contributed by atoms with Crippen LogP contribution in [0.3, 0.4) is 0 Å². The van der Waals surface area contributed by atoms with E-state index >= 15 is 0 Å². The Morgan fingerprint density at radius 3 is 2.37 bits per heavy atom. The lowest BCUT2D eigenvalue weighted by Crippen LogP contribution is -2.35. The Kier molecular flexibility index (Phi) is 5.70. The Labute approximate surface area is 173 Å². The van der Waals surface area contributed by atoms with Crippen LogP contribution in [0, 0.1) is 0 Å². The van der Waals surface area contributed by atoms with E-state index in [0.717, 1.165) is 23.0 Å². The molecular formula is C23H23N5O2. The van der Waals surface area contributed by atoms with Gasteiger partial charge in [-0.3, -0.25) is 14.3 Å². The van der Waals surface area contributed by atoms with Crippen molar-refractivity contribution in [2.45, 2.75) is 32.4 Å². The zero-order valence-corrected chi connectivity index (χ0v) is 16.7. The molecule has 1 atom stereocenters. The molecule has 0 amide bonds. The molecule has 1 unspecified atom stereocenters. The SMILES string of the molecule is CC(CCc1ccccc1)Nc1ncc2c(=O)n(Cc3ccccc3)c(=O)[nH]c2n1. The van der Waals surface area contributed by atoms with Gasteiger partial charge in [-0.05, 0) is 30.9 Å². The van der Waals surface area contributed by atoms with Crippen LogP contribution in [0.2, 0.25) is 0 Å². The fourth-order valence-electron chi connectivity index (χ4n) is 3.34. The number of nitrogens with zero attached hydrogens (tertiary/aromatic N) is 3. The molecule has 0 fully saturated rings. The molecule has 0 aliphatic rings. The van der Waals surface area contributed by atoms with Gasteiger partial charge in [-0.1, -0.05) is 60.7 Å². The summed E-state index contributed by atoms with van der Waals surface area (Å²) in [6.07, 6.45) is 3.30. The number of aromatic amines is 1. The Morgan fingerprint density at radius 2 is 1.67 bits per heavy atom. The number of nitrogens with one attached hydrogen (secondary N) is 2. The maximum atomic E-state index is 12.8. The molecule has 7 heteroatoms. The maximum absolute atomic E-state index is 12.8. The first-order valence-corrected chi connectivity index (χ1v) is 9.94. The van der Waals surface area contributed by atoms with Gasteiger partial charge in [-0.25, -0.2) is 9.78 Å². The fraction of sp³-hybridized carbons (Fsp3) is 0.217. The average molecular weight is 401 g/mol. The van der Waals surface area contributed by atoms with Crippen LogP contribution in [0.25, 0.3) is 11.0 Å². The standard InChI is InChI=1S/C23H23N5O2/c1-16(12-13-17-8-4-2-5-9-17)25-22-24-14-19-20(26-22)27-23(30)28(21(19)29)15-18-10-6-3-7-11-18/h2-11,14,16H,12-13,15H2,1H3,(H2,24,25,26,27,30). The van der Waals surface area contributed by atoms with Crippen LogP contribution in [-0.2, 0) is 13.0 Å². The van der Waals surface area contributed by atoms with E-state index in [-0.39, 0.29) is 23.6 Å². The highest BCUT2D eigenvalue weighted by atomic mass is 16.2. The Hall–Kier alpha value is -3.74. The average Bonchev–Trinajstić information content (AvgIpc) is 2.76. The van der Waals surface area contributed by atoms with Crippen LogP contribution in [0.4, 0.5) is 5.95 Å². The second-order valence-corrected chi connectivity index (χ2v) is 7.33. The minimum absolute atomic E-state index is 0.132. The number of hydrogen-bond donors (Lipinski definition) is 2. The summed E-state index contributed by atoms with van der Waals surface area (Å²) in [4.78, 5) is 36.6. The molecule has 0 aliphatic heterocycles. The minimum atomic E-state index is -0.488. The summed E-state index contributed by atoms with van der Waals surface area (Å²) in [5.41, 5.74) is 1.49. The third-order valence-corrected chi connectivity index (χ3v) is 5.00. The van der Waals surface area contributed by atoms with E-state index in [0.29, 0.717) is 5.95 Å². The van der Waals surface area contributed by atoms with Crippen molar-refractivity contribution in [1.82, 2.24) is 19.5 Å². The molecule has 7 nitrogen and oxygen atoms in total. The topological polar surface area (TPSA) is 92.7 Å². The summed E-state index contributed by atoms with van der Waals surface area (Å²) in [5.74, 6) is 0.388. The molecule has 2 aromatic heterocycles. The molecule has 0 radical (unpaired) electrons. The number of aryl methyl sites for hydroxylation is 1. The molecule has 2 heterocycles. The predicted octanol–water partition coefficient (Wildman–Crippen LogP) is 2.96. The number of hydrogen-bond acceptors (Lipinski definition) is 5. The van der Waals surface area contributed by atoms with E-state index in [1.807, 2.05) is 48.5 Å². The Balaban J connectivity index is 1.52. The molecule has 4 aromatic rings. The van der Waals surface area contributed by atoms with Crippen molar-refractivity contribution < 1.29 is 0 Å². The van der Waals surface area contributed by atoms with E-state index < -0.39 is 11.2 Å². The summed E-state index contributed by atoms with van der Waals surface area (Å²) in [6.45, 7) is 2.25. The van der Waals surface area contributed by atoms with Gasteiger partial charge in [-0.2, -0.15) is 4.98 Å². The normalized spacial score (nSPS) is 12.0. The van der Waals surface area contributed by atoms with Gasteiger partial charge < -0.3 is 5.32 Å². The summed E-state index contributed by atoms with van der Waals surface area (Å²) < 4.78 is 1.16. The van der Waals surface area contributed by atoms with Crippen molar-refractivity contribution in [2.75, 3.05) is 5.32 Å². The second-order valence-electron chi connectivity index (χ2n) is 7.33. The van der Waals surface area contributed by atoms with Crippen molar-refractivity contribution in [2.24, 2.45) is 0 Å². The van der Waals surface area contributed by atoms with E-state index in [9.17, 15) is 9.59 Å². The number of anilines is 1. The number of rotatable bonds is 7.